The van der Waals surface area contributed by atoms with Crippen molar-refractivity contribution < 1.29 is 9.59 Å². The van der Waals surface area contributed by atoms with Crippen LogP contribution in [0.15, 0.2) is 54.6 Å². The first-order valence-corrected chi connectivity index (χ1v) is 9.10. The lowest BCUT2D eigenvalue weighted by Gasteiger charge is -2.19. The zero-order valence-corrected chi connectivity index (χ0v) is 15.7. The molecule has 1 saturated heterocycles. The van der Waals surface area contributed by atoms with E-state index in [1.54, 1.807) is 12.1 Å². The van der Waals surface area contributed by atoms with Crippen LogP contribution in [-0.2, 0) is 10.2 Å². The van der Waals surface area contributed by atoms with E-state index >= 15 is 0 Å². The zero-order chi connectivity index (χ0) is 18.7. The number of hydrogen-bond acceptors (Lipinski definition) is 3. The van der Waals surface area contributed by atoms with Gasteiger partial charge in [-0.25, -0.2) is 0 Å². The second-order valence-electron chi connectivity index (χ2n) is 7.90. The molecule has 0 aromatic heterocycles. The Labute approximate surface area is 155 Å². The molecule has 0 spiro atoms. The van der Waals surface area contributed by atoms with Gasteiger partial charge in [-0.05, 0) is 29.5 Å². The number of nitrogens with one attached hydrogen (secondary N) is 1. The molecule has 1 aliphatic heterocycles. The van der Waals surface area contributed by atoms with Crippen LogP contribution in [0.4, 0.5) is 5.69 Å². The van der Waals surface area contributed by atoms with Crippen LogP contribution in [0.5, 0.6) is 0 Å². The monoisotopic (exact) mass is 350 g/mol. The summed E-state index contributed by atoms with van der Waals surface area (Å²) in [6, 6.07) is 17.5. The molecule has 0 radical (unpaired) electrons. The van der Waals surface area contributed by atoms with Gasteiger partial charge in [0, 0.05) is 30.4 Å². The number of amides is 1. The van der Waals surface area contributed by atoms with Gasteiger partial charge in [-0.2, -0.15) is 0 Å². The molecule has 1 aliphatic rings. The quantitative estimate of drug-likeness (QED) is 0.677. The van der Waals surface area contributed by atoms with Crippen molar-refractivity contribution in [2.75, 3.05) is 18.0 Å². The molecule has 1 atom stereocenters. The molecule has 136 valence electrons. The lowest BCUT2D eigenvalue weighted by Crippen LogP contribution is -2.41. The van der Waals surface area contributed by atoms with Gasteiger partial charge in [0.15, 0.2) is 0 Å². The molecule has 26 heavy (non-hydrogen) atoms. The molecule has 4 heteroatoms. The SMILES string of the molecule is CC(C)(C)c1ccc(C(=O)C(=O)NC2CCN(c3ccccc3)C2)cc1. The van der Waals surface area contributed by atoms with Gasteiger partial charge in [-0.15, -0.1) is 0 Å². The molecule has 1 amide bonds. The highest BCUT2D eigenvalue weighted by atomic mass is 16.2. The first kappa shape index (κ1) is 18.2. The van der Waals surface area contributed by atoms with Crippen LogP contribution in [0.3, 0.4) is 0 Å². The van der Waals surface area contributed by atoms with E-state index in [0.29, 0.717) is 5.56 Å². The van der Waals surface area contributed by atoms with Crippen LogP contribution in [-0.4, -0.2) is 30.8 Å². The highest BCUT2D eigenvalue weighted by Crippen LogP contribution is 2.22. The predicted octanol–water partition coefficient (Wildman–Crippen LogP) is 3.56. The molecule has 3 rings (SSSR count). The van der Waals surface area contributed by atoms with Crippen molar-refractivity contribution in [3.05, 3.63) is 65.7 Å². The summed E-state index contributed by atoms with van der Waals surface area (Å²) in [5, 5.41) is 2.89. The number of nitrogens with zero attached hydrogens (tertiary/aromatic N) is 1. The number of benzene rings is 2. The summed E-state index contributed by atoms with van der Waals surface area (Å²) in [6.45, 7) is 7.97. The van der Waals surface area contributed by atoms with Gasteiger partial charge < -0.3 is 10.2 Å². The number of rotatable bonds is 4. The standard InChI is InChI=1S/C22H26N2O2/c1-22(2,3)17-11-9-16(10-12-17)20(25)21(26)23-18-13-14-24(15-18)19-7-5-4-6-8-19/h4-12,18H,13-15H2,1-3H3,(H,23,26). The van der Waals surface area contributed by atoms with E-state index in [4.69, 9.17) is 0 Å². The van der Waals surface area contributed by atoms with E-state index in [2.05, 4.69) is 43.1 Å². The van der Waals surface area contributed by atoms with Crippen molar-refractivity contribution >= 4 is 17.4 Å². The molecule has 2 aromatic rings. The van der Waals surface area contributed by atoms with Crippen LogP contribution in [0.2, 0.25) is 0 Å². The largest absolute Gasteiger partial charge is 0.369 e. The third-order valence-corrected chi connectivity index (χ3v) is 4.86. The van der Waals surface area contributed by atoms with E-state index in [9.17, 15) is 9.59 Å². The molecule has 0 aliphatic carbocycles. The van der Waals surface area contributed by atoms with Crippen molar-refractivity contribution in [2.45, 2.75) is 38.6 Å². The Balaban J connectivity index is 1.59. The Morgan fingerprint density at radius 3 is 2.27 bits per heavy atom. The molecule has 1 unspecified atom stereocenters. The number of carbonyl (C=O) groups is 2. The lowest BCUT2D eigenvalue weighted by molar-refractivity contribution is -0.117. The summed E-state index contributed by atoms with van der Waals surface area (Å²) in [4.78, 5) is 27.0. The molecule has 1 N–H and O–H groups in total. The van der Waals surface area contributed by atoms with Gasteiger partial charge in [-0.3, -0.25) is 9.59 Å². The Morgan fingerprint density at radius 2 is 1.65 bits per heavy atom. The van der Waals surface area contributed by atoms with Crippen molar-refractivity contribution in [3.63, 3.8) is 0 Å². The molecule has 0 bridgehead atoms. The first-order valence-electron chi connectivity index (χ1n) is 9.10. The summed E-state index contributed by atoms with van der Waals surface area (Å²) in [5.41, 5.74) is 2.75. The Bertz CT molecular complexity index is 776. The molecule has 1 fully saturated rings. The van der Waals surface area contributed by atoms with E-state index in [1.807, 2.05) is 30.3 Å². The summed E-state index contributed by atoms with van der Waals surface area (Å²) >= 11 is 0. The van der Waals surface area contributed by atoms with Gasteiger partial charge in [0.05, 0.1) is 0 Å². The van der Waals surface area contributed by atoms with Gasteiger partial charge in [0.1, 0.15) is 0 Å². The highest BCUT2D eigenvalue weighted by molar-refractivity contribution is 6.42. The van der Waals surface area contributed by atoms with Crippen LogP contribution >= 0.6 is 0 Å². The van der Waals surface area contributed by atoms with Crippen LogP contribution in [0, 0.1) is 0 Å². The fraction of sp³-hybridized carbons (Fsp3) is 0.364. The van der Waals surface area contributed by atoms with Crippen LogP contribution in [0.25, 0.3) is 0 Å². The average molecular weight is 350 g/mol. The van der Waals surface area contributed by atoms with Crippen LogP contribution in [0.1, 0.15) is 43.1 Å². The normalized spacial score (nSPS) is 17.2. The first-order chi connectivity index (χ1) is 12.3. The van der Waals surface area contributed by atoms with Gasteiger partial charge in [-0.1, -0.05) is 63.2 Å². The number of anilines is 1. The third kappa shape index (κ3) is 4.13. The Morgan fingerprint density at radius 1 is 1.00 bits per heavy atom. The minimum absolute atomic E-state index is 0.000467. The number of para-hydroxylation sites is 1. The molecule has 0 saturated carbocycles. The highest BCUT2D eigenvalue weighted by Gasteiger charge is 2.27. The van der Waals surface area contributed by atoms with E-state index in [1.165, 1.54) is 0 Å². The number of Topliss-reactive ketones (excluding diaryl/α,β-unsaturated/α-hetero) is 1. The van der Waals surface area contributed by atoms with Crippen molar-refractivity contribution in [1.82, 2.24) is 5.32 Å². The van der Waals surface area contributed by atoms with E-state index in [0.717, 1.165) is 30.8 Å². The fourth-order valence-corrected chi connectivity index (χ4v) is 3.26. The predicted molar refractivity (Wildman–Crippen MR) is 105 cm³/mol. The van der Waals surface area contributed by atoms with Gasteiger partial charge >= 0.3 is 0 Å². The maximum atomic E-state index is 12.4. The van der Waals surface area contributed by atoms with Crippen molar-refractivity contribution in [2.24, 2.45) is 0 Å². The molecular weight excluding hydrogens is 324 g/mol. The molecule has 4 nitrogen and oxygen atoms in total. The minimum Gasteiger partial charge on any atom is -0.369 e. The maximum absolute atomic E-state index is 12.4. The topological polar surface area (TPSA) is 49.4 Å². The number of ketones is 1. The minimum atomic E-state index is -0.520. The smallest absolute Gasteiger partial charge is 0.292 e. The number of carbonyl (C=O) groups excluding carboxylic acids is 2. The zero-order valence-electron chi connectivity index (χ0n) is 15.7. The molecular formula is C22H26N2O2. The van der Waals surface area contributed by atoms with Crippen molar-refractivity contribution in [1.29, 1.82) is 0 Å². The summed E-state index contributed by atoms with van der Waals surface area (Å²) in [6.07, 6.45) is 0.844. The Kier molecular flexibility index (Phi) is 5.12. The number of hydrogen-bond donors (Lipinski definition) is 1. The summed E-state index contributed by atoms with van der Waals surface area (Å²) in [7, 11) is 0. The summed E-state index contributed by atoms with van der Waals surface area (Å²) < 4.78 is 0. The van der Waals surface area contributed by atoms with Crippen LogP contribution < -0.4 is 10.2 Å². The van der Waals surface area contributed by atoms with E-state index < -0.39 is 11.7 Å². The Hall–Kier alpha value is -2.62. The second-order valence-corrected chi connectivity index (χ2v) is 7.90. The third-order valence-electron chi connectivity index (χ3n) is 4.86. The fourth-order valence-electron chi connectivity index (χ4n) is 3.26. The lowest BCUT2D eigenvalue weighted by atomic mass is 9.86. The average Bonchev–Trinajstić information content (AvgIpc) is 3.09. The maximum Gasteiger partial charge on any atom is 0.292 e. The molecule has 1 heterocycles. The molecule has 2 aromatic carbocycles. The van der Waals surface area contributed by atoms with E-state index in [-0.39, 0.29) is 11.5 Å². The van der Waals surface area contributed by atoms with Gasteiger partial charge in [0.2, 0.25) is 5.78 Å². The summed E-state index contributed by atoms with van der Waals surface area (Å²) in [5.74, 6) is -0.989. The van der Waals surface area contributed by atoms with Gasteiger partial charge in [0.25, 0.3) is 5.91 Å². The van der Waals surface area contributed by atoms with Crippen molar-refractivity contribution in [3.8, 4) is 0 Å². The second kappa shape index (κ2) is 7.32.